The summed E-state index contributed by atoms with van der Waals surface area (Å²) in [7, 11) is 3.46. The Morgan fingerprint density at radius 1 is 1.53 bits per heavy atom. The normalized spacial score (nSPS) is 26.2. The first-order valence-corrected chi connectivity index (χ1v) is 5.81. The van der Waals surface area contributed by atoms with Gasteiger partial charge in [-0.1, -0.05) is 26.5 Å². The fourth-order valence-electron chi connectivity index (χ4n) is 2.74. The Hall–Kier alpha value is -1.51. The molecule has 1 saturated heterocycles. The average molecular weight is 233 g/mol. The molecule has 3 heteroatoms. The van der Waals surface area contributed by atoms with Gasteiger partial charge in [0.05, 0.1) is 7.11 Å². The minimum Gasteiger partial charge on any atom is -0.466 e. The van der Waals surface area contributed by atoms with Gasteiger partial charge in [0.2, 0.25) is 0 Å². The van der Waals surface area contributed by atoms with Crippen molar-refractivity contribution < 1.29 is 9.53 Å². The van der Waals surface area contributed by atoms with E-state index in [1.54, 1.807) is 0 Å². The minimum atomic E-state index is -0.226. The van der Waals surface area contributed by atoms with Crippen LogP contribution in [0.15, 0.2) is 35.7 Å². The number of hydrogen-bond acceptors (Lipinski definition) is 3. The summed E-state index contributed by atoms with van der Waals surface area (Å²) in [5.41, 5.74) is 3.09. The summed E-state index contributed by atoms with van der Waals surface area (Å²) in [6.07, 6.45) is 4.61. The third-order valence-electron chi connectivity index (χ3n) is 4.09. The van der Waals surface area contributed by atoms with Crippen LogP contribution in [0.4, 0.5) is 0 Å². The Morgan fingerprint density at radius 3 is 2.76 bits per heavy atom. The molecule has 92 valence electrons. The van der Waals surface area contributed by atoms with Gasteiger partial charge in [0, 0.05) is 35.3 Å². The third-order valence-corrected chi connectivity index (χ3v) is 4.09. The standard InChI is InChI=1S/C14H19NO2/c1-9-14(2,3)11-8-10(13(16)17-5)6-7-12(11)15(9)4/h6-7,11H,1,8H2,2-5H3. The second-order valence-electron chi connectivity index (χ2n) is 5.26. The van der Waals surface area contributed by atoms with Gasteiger partial charge in [-0.25, -0.2) is 4.79 Å². The molecule has 1 heterocycles. The molecule has 0 aromatic heterocycles. The van der Waals surface area contributed by atoms with E-state index in [9.17, 15) is 4.79 Å². The number of rotatable bonds is 1. The van der Waals surface area contributed by atoms with Crippen molar-refractivity contribution in [2.45, 2.75) is 20.3 Å². The maximum Gasteiger partial charge on any atom is 0.333 e. The molecule has 0 spiro atoms. The molecule has 0 amide bonds. The highest BCUT2D eigenvalue weighted by Gasteiger charge is 2.46. The number of hydrogen-bond donors (Lipinski definition) is 0. The van der Waals surface area contributed by atoms with Crippen LogP contribution < -0.4 is 0 Å². The van der Waals surface area contributed by atoms with Crippen LogP contribution in [-0.4, -0.2) is 25.0 Å². The Balaban J connectivity index is 2.37. The van der Waals surface area contributed by atoms with Crippen molar-refractivity contribution >= 4 is 5.97 Å². The van der Waals surface area contributed by atoms with E-state index in [2.05, 4.69) is 25.3 Å². The molecule has 2 aliphatic rings. The van der Waals surface area contributed by atoms with Crippen LogP contribution in [0.1, 0.15) is 20.3 Å². The number of methoxy groups -OCH3 is 1. The predicted molar refractivity (Wildman–Crippen MR) is 67.0 cm³/mol. The summed E-state index contributed by atoms with van der Waals surface area (Å²) in [6, 6.07) is 0. The van der Waals surface area contributed by atoms with Gasteiger partial charge in [0.1, 0.15) is 0 Å². The average Bonchev–Trinajstić information content (AvgIpc) is 2.50. The van der Waals surface area contributed by atoms with Crippen molar-refractivity contribution in [2.75, 3.05) is 14.2 Å². The molecule has 0 bridgehead atoms. The fourth-order valence-corrected chi connectivity index (χ4v) is 2.74. The van der Waals surface area contributed by atoms with Crippen molar-refractivity contribution in [1.82, 2.24) is 4.90 Å². The molecule has 0 aromatic rings. The maximum absolute atomic E-state index is 11.6. The molecule has 1 aliphatic carbocycles. The van der Waals surface area contributed by atoms with Gasteiger partial charge in [0.25, 0.3) is 0 Å². The number of ether oxygens (including phenoxy) is 1. The molecule has 1 aliphatic heterocycles. The second kappa shape index (κ2) is 3.76. The summed E-state index contributed by atoms with van der Waals surface area (Å²) in [5.74, 6) is 0.0929. The molecule has 1 unspecified atom stereocenters. The van der Waals surface area contributed by atoms with Gasteiger partial charge in [-0.15, -0.1) is 0 Å². The van der Waals surface area contributed by atoms with Crippen molar-refractivity contribution in [1.29, 1.82) is 0 Å². The first-order valence-electron chi connectivity index (χ1n) is 5.81. The number of carbonyl (C=O) groups is 1. The van der Waals surface area contributed by atoms with Crippen molar-refractivity contribution in [2.24, 2.45) is 11.3 Å². The molecule has 0 radical (unpaired) electrons. The van der Waals surface area contributed by atoms with Gasteiger partial charge in [-0.2, -0.15) is 0 Å². The van der Waals surface area contributed by atoms with Crippen LogP contribution in [0.3, 0.4) is 0 Å². The SMILES string of the molecule is C=C1N(C)C2=CC=C(C(=O)OC)CC2C1(C)C. The van der Waals surface area contributed by atoms with E-state index in [-0.39, 0.29) is 11.4 Å². The zero-order chi connectivity index (χ0) is 12.8. The monoisotopic (exact) mass is 233 g/mol. The number of likely N-dealkylation sites (tertiary alicyclic amines) is 1. The number of fused-ring (bicyclic) bond motifs is 1. The maximum atomic E-state index is 11.6. The molecular formula is C14H19NO2. The molecule has 0 N–H and O–H groups in total. The first-order chi connectivity index (χ1) is 7.89. The van der Waals surface area contributed by atoms with Crippen LogP contribution in [0, 0.1) is 11.3 Å². The number of esters is 1. The molecule has 3 nitrogen and oxygen atoms in total. The number of allylic oxidation sites excluding steroid dienone is 4. The van der Waals surface area contributed by atoms with Crippen molar-refractivity contribution in [3.05, 3.63) is 35.7 Å². The number of nitrogens with zero attached hydrogens (tertiary/aromatic N) is 1. The van der Waals surface area contributed by atoms with Crippen LogP contribution in [0.2, 0.25) is 0 Å². The molecule has 1 fully saturated rings. The quantitative estimate of drug-likeness (QED) is 0.652. The van der Waals surface area contributed by atoms with E-state index in [0.29, 0.717) is 5.92 Å². The summed E-state index contributed by atoms with van der Waals surface area (Å²) in [6.45, 7) is 8.50. The lowest BCUT2D eigenvalue weighted by Crippen LogP contribution is -2.23. The van der Waals surface area contributed by atoms with E-state index in [1.807, 2.05) is 19.2 Å². The zero-order valence-electron chi connectivity index (χ0n) is 10.9. The van der Waals surface area contributed by atoms with Gasteiger partial charge in [-0.05, 0) is 12.5 Å². The third kappa shape index (κ3) is 1.61. The van der Waals surface area contributed by atoms with Crippen LogP contribution in [0.5, 0.6) is 0 Å². The van der Waals surface area contributed by atoms with Gasteiger partial charge in [-0.3, -0.25) is 0 Å². The van der Waals surface area contributed by atoms with Crippen molar-refractivity contribution in [3.8, 4) is 0 Å². The highest BCUT2D eigenvalue weighted by Crippen LogP contribution is 2.52. The Bertz CT molecular complexity index is 443. The smallest absolute Gasteiger partial charge is 0.333 e. The van der Waals surface area contributed by atoms with E-state index in [0.717, 1.165) is 17.7 Å². The summed E-state index contributed by atoms with van der Waals surface area (Å²) < 4.78 is 4.79. The Kier molecular flexibility index (Phi) is 2.64. The zero-order valence-corrected chi connectivity index (χ0v) is 10.9. The van der Waals surface area contributed by atoms with E-state index in [4.69, 9.17) is 4.74 Å². The summed E-state index contributed by atoms with van der Waals surface area (Å²) >= 11 is 0. The minimum absolute atomic E-state index is 0.00584. The lowest BCUT2D eigenvalue weighted by molar-refractivity contribution is -0.136. The van der Waals surface area contributed by atoms with Gasteiger partial charge >= 0.3 is 5.97 Å². The first kappa shape index (κ1) is 12.0. The highest BCUT2D eigenvalue weighted by atomic mass is 16.5. The lowest BCUT2D eigenvalue weighted by Gasteiger charge is -2.28. The second-order valence-corrected chi connectivity index (χ2v) is 5.26. The summed E-state index contributed by atoms with van der Waals surface area (Å²) in [4.78, 5) is 13.7. The van der Waals surface area contributed by atoms with E-state index in [1.165, 1.54) is 12.8 Å². The number of carbonyl (C=O) groups excluding carboxylic acids is 1. The molecule has 1 atom stereocenters. The van der Waals surface area contributed by atoms with Gasteiger partial charge < -0.3 is 9.64 Å². The fraction of sp³-hybridized carbons (Fsp3) is 0.500. The van der Waals surface area contributed by atoms with E-state index >= 15 is 0 Å². The Morgan fingerprint density at radius 2 is 2.18 bits per heavy atom. The molecule has 17 heavy (non-hydrogen) atoms. The van der Waals surface area contributed by atoms with Crippen LogP contribution >= 0.6 is 0 Å². The Labute approximate surface area is 102 Å². The highest BCUT2D eigenvalue weighted by molar-refractivity contribution is 5.89. The molecule has 2 rings (SSSR count). The summed E-state index contributed by atoms with van der Waals surface area (Å²) in [5, 5.41) is 0. The van der Waals surface area contributed by atoms with E-state index < -0.39 is 0 Å². The largest absolute Gasteiger partial charge is 0.466 e. The van der Waals surface area contributed by atoms with Gasteiger partial charge in [0.15, 0.2) is 0 Å². The predicted octanol–water partition coefficient (Wildman–Crippen LogP) is 2.47. The molecule has 0 aromatic carbocycles. The lowest BCUT2D eigenvalue weighted by atomic mass is 9.74. The topological polar surface area (TPSA) is 29.5 Å². The van der Waals surface area contributed by atoms with Crippen LogP contribution in [-0.2, 0) is 9.53 Å². The van der Waals surface area contributed by atoms with Crippen molar-refractivity contribution in [3.63, 3.8) is 0 Å². The molecular weight excluding hydrogens is 214 g/mol. The molecule has 0 saturated carbocycles. The van der Waals surface area contributed by atoms with Crippen LogP contribution in [0.25, 0.3) is 0 Å².